The fraction of sp³-hybridized carbons (Fsp3) is 0.500. The fourth-order valence-corrected chi connectivity index (χ4v) is 3.03. The van der Waals surface area contributed by atoms with Gasteiger partial charge in [-0.05, 0) is 49.9 Å². The molecule has 102 valence electrons. The van der Waals surface area contributed by atoms with Gasteiger partial charge in [-0.2, -0.15) is 0 Å². The lowest BCUT2D eigenvalue weighted by atomic mass is 10.2. The number of rotatable bonds is 3. The molecule has 1 aromatic carbocycles. The van der Waals surface area contributed by atoms with Crippen molar-refractivity contribution in [3.05, 3.63) is 30.0 Å². The zero-order valence-corrected chi connectivity index (χ0v) is 11.9. The van der Waals surface area contributed by atoms with Crippen LogP contribution in [0.2, 0.25) is 0 Å². The van der Waals surface area contributed by atoms with Crippen molar-refractivity contribution in [3.63, 3.8) is 0 Å². The molecule has 0 unspecified atom stereocenters. The highest BCUT2D eigenvalue weighted by atomic mass is 16.5. The summed E-state index contributed by atoms with van der Waals surface area (Å²) in [6.07, 6.45) is 5.04. The van der Waals surface area contributed by atoms with Gasteiger partial charge >= 0.3 is 0 Å². The summed E-state index contributed by atoms with van der Waals surface area (Å²) in [5, 5.41) is 3.78. The van der Waals surface area contributed by atoms with Crippen molar-refractivity contribution in [3.8, 4) is 5.75 Å². The van der Waals surface area contributed by atoms with Crippen LogP contribution in [-0.4, -0.2) is 24.9 Å². The molecular weight excluding hydrogens is 236 g/mol. The van der Waals surface area contributed by atoms with Crippen LogP contribution in [-0.2, 0) is 6.42 Å². The van der Waals surface area contributed by atoms with E-state index >= 15 is 0 Å². The van der Waals surface area contributed by atoms with Gasteiger partial charge in [0.15, 0.2) is 0 Å². The lowest BCUT2D eigenvalue weighted by Gasteiger charge is -2.32. The number of aryl methyl sites for hydroxylation is 1. The van der Waals surface area contributed by atoms with E-state index in [9.17, 15) is 0 Å². The van der Waals surface area contributed by atoms with Gasteiger partial charge in [0.2, 0.25) is 0 Å². The van der Waals surface area contributed by atoms with Crippen LogP contribution in [0.3, 0.4) is 0 Å². The normalized spacial score (nSPS) is 16.0. The van der Waals surface area contributed by atoms with Gasteiger partial charge in [-0.1, -0.05) is 6.92 Å². The summed E-state index contributed by atoms with van der Waals surface area (Å²) in [5.74, 6) is 0.936. The van der Waals surface area contributed by atoms with Gasteiger partial charge in [0.05, 0.1) is 12.6 Å². The molecule has 1 saturated heterocycles. The largest absolute Gasteiger partial charge is 0.497 e. The summed E-state index contributed by atoms with van der Waals surface area (Å²) < 4.78 is 7.75. The number of piperidine rings is 1. The lowest BCUT2D eigenvalue weighted by Crippen LogP contribution is -2.39. The van der Waals surface area contributed by atoms with E-state index in [1.807, 2.05) is 0 Å². The van der Waals surface area contributed by atoms with Crippen molar-refractivity contribution in [2.45, 2.75) is 32.6 Å². The second-order valence-electron chi connectivity index (χ2n) is 5.24. The number of hydrogen-bond acceptors (Lipinski definition) is 2. The minimum atomic E-state index is 0.936. The van der Waals surface area contributed by atoms with Crippen LogP contribution in [0.1, 0.15) is 31.9 Å². The molecule has 2 heterocycles. The molecule has 3 nitrogen and oxygen atoms in total. The van der Waals surface area contributed by atoms with Crippen molar-refractivity contribution in [1.82, 2.24) is 4.68 Å². The summed E-state index contributed by atoms with van der Waals surface area (Å²) in [4.78, 5) is 0. The van der Waals surface area contributed by atoms with Gasteiger partial charge in [-0.25, -0.2) is 0 Å². The third-order valence-electron chi connectivity index (χ3n) is 4.03. The van der Waals surface area contributed by atoms with Crippen molar-refractivity contribution in [2.24, 2.45) is 0 Å². The molecule has 3 rings (SSSR count). The second-order valence-corrected chi connectivity index (χ2v) is 5.24. The maximum atomic E-state index is 5.33. The Hall–Kier alpha value is -1.64. The van der Waals surface area contributed by atoms with E-state index in [-0.39, 0.29) is 0 Å². The average molecular weight is 258 g/mol. The van der Waals surface area contributed by atoms with E-state index in [1.54, 1.807) is 7.11 Å². The quantitative estimate of drug-likeness (QED) is 0.840. The zero-order valence-electron chi connectivity index (χ0n) is 11.9. The summed E-state index contributed by atoms with van der Waals surface area (Å²) in [7, 11) is 1.73. The number of hydrogen-bond donors (Lipinski definition) is 0. The van der Waals surface area contributed by atoms with Crippen LogP contribution in [0, 0.1) is 0 Å². The third kappa shape index (κ3) is 2.18. The Bertz CT molecular complexity index is 567. The molecule has 3 heteroatoms. The number of ether oxygens (including phenoxy) is 1. The smallest absolute Gasteiger partial charge is 0.119 e. The van der Waals surface area contributed by atoms with E-state index in [0.717, 1.165) is 12.2 Å². The average Bonchev–Trinajstić information content (AvgIpc) is 2.85. The van der Waals surface area contributed by atoms with Crippen LogP contribution in [0.5, 0.6) is 5.75 Å². The Labute approximate surface area is 114 Å². The molecule has 1 aromatic heterocycles. The van der Waals surface area contributed by atoms with Crippen molar-refractivity contribution in [2.75, 3.05) is 25.2 Å². The maximum absolute atomic E-state index is 5.33. The lowest BCUT2D eigenvalue weighted by molar-refractivity contribution is 0.415. The van der Waals surface area contributed by atoms with Crippen LogP contribution >= 0.6 is 0 Å². The Kier molecular flexibility index (Phi) is 3.36. The molecule has 0 spiro atoms. The molecule has 1 aliphatic rings. The molecule has 0 saturated carbocycles. The first-order chi connectivity index (χ1) is 9.33. The molecular formula is C16H22N2O. The van der Waals surface area contributed by atoms with E-state index in [0.29, 0.717) is 0 Å². The van der Waals surface area contributed by atoms with Crippen LogP contribution < -0.4 is 9.75 Å². The molecule has 0 atom stereocenters. The third-order valence-corrected chi connectivity index (χ3v) is 4.03. The minimum absolute atomic E-state index is 0.936. The molecule has 0 amide bonds. The molecule has 1 fully saturated rings. The topological polar surface area (TPSA) is 17.4 Å². The Morgan fingerprint density at radius 2 is 1.89 bits per heavy atom. The fourth-order valence-electron chi connectivity index (χ4n) is 3.03. The van der Waals surface area contributed by atoms with E-state index in [2.05, 4.69) is 40.9 Å². The predicted molar refractivity (Wildman–Crippen MR) is 79.7 cm³/mol. The standard InChI is InChI=1S/C16H22N2O/c1-3-14-11-13-12-15(19-2)7-8-16(13)18(14)17-9-5-4-6-10-17/h7-8,11-12H,3-6,9-10H2,1-2H3. The summed E-state index contributed by atoms with van der Waals surface area (Å²) in [5.41, 5.74) is 2.70. The Balaban J connectivity index is 2.09. The number of fused-ring (bicyclic) bond motifs is 1. The van der Waals surface area contributed by atoms with Crippen molar-refractivity contribution in [1.29, 1.82) is 0 Å². The number of aromatic nitrogens is 1. The molecule has 0 radical (unpaired) electrons. The monoisotopic (exact) mass is 258 g/mol. The number of benzene rings is 1. The minimum Gasteiger partial charge on any atom is -0.497 e. The molecule has 0 N–H and O–H groups in total. The van der Waals surface area contributed by atoms with Crippen molar-refractivity contribution < 1.29 is 4.74 Å². The summed E-state index contributed by atoms with van der Waals surface area (Å²) in [6.45, 7) is 4.57. The van der Waals surface area contributed by atoms with Crippen LogP contribution in [0.25, 0.3) is 10.9 Å². The zero-order chi connectivity index (χ0) is 13.2. The number of methoxy groups -OCH3 is 1. The van der Waals surface area contributed by atoms with Crippen molar-refractivity contribution >= 4 is 10.9 Å². The molecule has 19 heavy (non-hydrogen) atoms. The van der Waals surface area contributed by atoms with Gasteiger partial charge < -0.3 is 9.75 Å². The van der Waals surface area contributed by atoms with Gasteiger partial charge in [-0.15, -0.1) is 0 Å². The second kappa shape index (κ2) is 5.16. The molecule has 2 aromatic rings. The summed E-state index contributed by atoms with van der Waals surface area (Å²) >= 11 is 0. The summed E-state index contributed by atoms with van der Waals surface area (Å²) in [6, 6.07) is 8.67. The highest BCUT2D eigenvalue weighted by Gasteiger charge is 2.16. The molecule has 0 aliphatic carbocycles. The molecule has 1 aliphatic heterocycles. The van der Waals surface area contributed by atoms with Gasteiger partial charge in [0.1, 0.15) is 5.75 Å². The van der Waals surface area contributed by atoms with E-state index in [4.69, 9.17) is 4.74 Å². The highest BCUT2D eigenvalue weighted by Crippen LogP contribution is 2.26. The first-order valence-corrected chi connectivity index (χ1v) is 7.27. The predicted octanol–water partition coefficient (Wildman–Crippen LogP) is 3.33. The van der Waals surface area contributed by atoms with Gasteiger partial charge in [0, 0.05) is 24.2 Å². The Morgan fingerprint density at radius 1 is 1.11 bits per heavy atom. The number of nitrogens with zero attached hydrogens (tertiary/aromatic N) is 2. The first kappa shape index (κ1) is 12.4. The van der Waals surface area contributed by atoms with Gasteiger partial charge in [-0.3, -0.25) is 4.68 Å². The maximum Gasteiger partial charge on any atom is 0.119 e. The van der Waals surface area contributed by atoms with Crippen LogP contribution in [0.15, 0.2) is 24.3 Å². The highest BCUT2D eigenvalue weighted by molar-refractivity contribution is 5.83. The van der Waals surface area contributed by atoms with E-state index < -0.39 is 0 Å². The van der Waals surface area contributed by atoms with Crippen LogP contribution in [0.4, 0.5) is 0 Å². The SMILES string of the molecule is CCc1cc2cc(OC)ccc2n1N1CCCCC1. The Morgan fingerprint density at radius 3 is 2.58 bits per heavy atom. The van der Waals surface area contributed by atoms with E-state index in [1.165, 1.54) is 48.9 Å². The van der Waals surface area contributed by atoms with Gasteiger partial charge in [0.25, 0.3) is 0 Å². The first-order valence-electron chi connectivity index (χ1n) is 7.27. The molecule has 0 bridgehead atoms.